The molecule has 3 N–H and O–H groups in total. The van der Waals surface area contributed by atoms with E-state index in [0.29, 0.717) is 31.6 Å². The quantitative estimate of drug-likeness (QED) is 0.0222. The van der Waals surface area contributed by atoms with Crippen LogP contribution in [0.25, 0.3) is 0 Å². The number of rotatable bonds is 71. The van der Waals surface area contributed by atoms with E-state index in [1.807, 2.05) is 0 Å². The Morgan fingerprint density at radius 1 is 0.269 bits per heavy atom. The van der Waals surface area contributed by atoms with Crippen LogP contribution in [0.2, 0.25) is 0 Å². The smallest absolute Gasteiger partial charge is 0.462 e. The fourth-order valence-corrected chi connectivity index (χ4v) is 12.8. The summed E-state index contributed by atoms with van der Waals surface area (Å²) in [6.45, 7) is 14.1. The number of aliphatic hydroxyl groups is 1. The Labute approximate surface area is 568 Å². The SMILES string of the molecule is CC(C)CCCCCCCCCCCCCCCC(=O)OC[C@H](COP(=O)(O)OC[C@@H](O)COP(=O)(O)OC[C@@H](COC(=O)CCCCCCCCC(C)C)OC(=O)CCCCCCCCCCCCCCC(C)C)OC(=O)CCCCCCCCCCCCC(C)C. The van der Waals surface area contributed by atoms with Crippen LogP contribution in [0.1, 0.15) is 370 Å². The molecule has 0 aliphatic carbocycles. The zero-order chi connectivity index (χ0) is 68.9. The number of hydrogen-bond donors (Lipinski definition) is 3. The molecule has 0 saturated carbocycles. The van der Waals surface area contributed by atoms with Crippen molar-refractivity contribution in [2.75, 3.05) is 39.6 Å². The molecular weight excluding hydrogens is 1220 g/mol. The number of aliphatic hydroxyl groups excluding tert-OH is 1. The Kier molecular flexibility index (Phi) is 62.2. The Hall–Kier alpha value is -1.94. The number of ether oxygens (including phenoxy) is 4. The van der Waals surface area contributed by atoms with E-state index in [0.717, 1.165) is 114 Å². The van der Waals surface area contributed by atoms with Crippen LogP contribution in [0.15, 0.2) is 0 Å². The molecule has 19 heteroatoms. The molecule has 0 aliphatic heterocycles. The highest BCUT2D eigenvalue weighted by Crippen LogP contribution is 2.45. The van der Waals surface area contributed by atoms with Gasteiger partial charge in [0.1, 0.15) is 19.3 Å². The van der Waals surface area contributed by atoms with Gasteiger partial charge in [-0.15, -0.1) is 0 Å². The van der Waals surface area contributed by atoms with Gasteiger partial charge in [-0.05, 0) is 49.4 Å². The molecule has 0 spiro atoms. The second-order valence-electron chi connectivity index (χ2n) is 28.6. The molecule has 0 rings (SSSR count). The first-order valence-corrected chi connectivity index (χ1v) is 41.2. The topological polar surface area (TPSA) is 237 Å². The highest BCUT2D eigenvalue weighted by molar-refractivity contribution is 7.47. The number of phosphoric acid groups is 2. The lowest BCUT2D eigenvalue weighted by atomic mass is 10.0. The summed E-state index contributed by atoms with van der Waals surface area (Å²) in [7, 11) is -9.91. The number of unbranched alkanes of at least 4 members (excludes halogenated alkanes) is 37. The van der Waals surface area contributed by atoms with Crippen molar-refractivity contribution < 1.29 is 80.2 Å². The summed E-state index contributed by atoms with van der Waals surface area (Å²) in [5.41, 5.74) is 0. The highest BCUT2D eigenvalue weighted by Gasteiger charge is 2.30. The van der Waals surface area contributed by atoms with E-state index in [9.17, 15) is 43.2 Å². The van der Waals surface area contributed by atoms with Crippen LogP contribution in [0.4, 0.5) is 0 Å². The predicted octanol–water partition coefficient (Wildman–Crippen LogP) is 21.3. The van der Waals surface area contributed by atoms with Crippen molar-refractivity contribution in [2.45, 2.75) is 388 Å². The molecule has 93 heavy (non-hydrogen) atoms. The Morgan fingerprint density at radius 3 is 0.667 bits per heavy atom. The lowest BCUT2D eigenvalue weighted by molar-refractivity contribution is -0.161. The van der Waals surface area contributed by atoms with Crippen LogP contribution in [0.3, 0.4) is 0 Å². The van der Waals surface area contributed by atoms with Crippen LogP contribution < -0.4 is 0 Å². The summed E-state index contributed by atoms with van der Waals surface area (Å²) in [4.78, 5) is 72.7. The predicted molar refractivity (Wildman–Crippen MR) is 377 cm³/mol. The van der Waals surface area contributed by atoms with Crippen molar-refractivity contribution in [1.29, 1.82) is 0 Å². The van der Waals surface area contributed by atoms with Gasteiger partial charge in [-0.1, -0.05) is 319 Å². The number of esters is 4. The van der Waals surface area contributed by atoms with Gasteiger partial charge in [-0.2, -0.15) is 0 Å². The van der Waals surface area contributed by atoms with Crippen molar-refractivity contribution in [1.82, 2.24) is 0 Å². The van der Waals surface area contributed by atoms with Gasteiger partial charge in [0.25, 0.3) is 0 Å². The molecule has 17 nitrogen and oxygen atoms in total. The van der Waals surface area contributed by atoms with Crippen LogP contribution in [-0.4, -0.2) is 96.7 Å². The summed E-state index contributed by atoms with van der Waals surface area (Å²) in [5, 5.41) is 10.6. The van der Waals surface area contributed by atoms with Crippen LogP contribution >= 0.6 is 15.6 Å². The van der Waals surface area contributed by atoms with Gasteiger partial charge in [0.15, 0.2) is 12.2 Å². The first-order chi connectivity index (χ1) is 44.6. The molecule has 5 atom stereocenters. The molecule has 0 fully saturated rings. The summed E-state index contributed by atoms with van der Waals surface area (Å²) in [6, 6.07) is 0. The fourth-order valence-electron chi connectivity index (χ4n) is 11.2. The molecule has 0 aromatic rings. The maximum atomic E-state index is 13.1. The van der Waals surface area contributed by atoms with Gasteiger partial charge in [0.2, 0.25) is 0 Å². The van der Waals surface area contributed by atoms with Crippen molar-refractivity contribution in [3.05, 3.63) is 0 Å². The molecule has 0 amide bonds. The third-order valence-corrected chi connectivity index (χ3v) is 19.0. The van der Waals surface area contributed by atoms with Gasteiger partial charge in [0, 0.05) is 25.7 Å². The third-order valence-electron chi connectivity index (χ3n) is 17.1. The van der Waals surface area contributed by atoms with E-state index in [4.69, 9.17) is 37.0 Å². The second kappa shape index (κ2) is 63.5. The number of carbonyl (C=O) groups excluding carboxylic acids is 4. The minimum Gasteiger partial charge on any atom is -0.462 e. The first kappa shape index (κ1) is 91.1. The lowest BCUT2D eigenvalue weighted by Crippen LogP contribution is -2.30. The molecule has 2 unspecified atom stereocenters. The van der Waals surface area contributed by atoms with Gasteiger partial charge in [-0.3, -0.25) is 37.3 Å². The third kappa shape index (κ3) is 68.4. The average Bonchev–Trinajstić information content (AvgIpc) is 2.36. The molecule has 552 valence electrons. The number of hydrogen-bond acceptors (Lipinski definition) is 15. The molecule has 0 aromatic heterocycles. The molecule has 0 saturated heterocycles. The molecule has 0 radical (unpaired) electrons. The van der Waals surface area contributed by atoms with Crippen LogP contribution in [0.5, 0.6) is 0 Å². The average molecular weight is 1370 g/mol. The van der Waals surface area contributed by atoms with Gasteiger partial charge in [0.05, 0.1) is 26.4 Å². The van der Waals surface area contributed by atoms with Crippen LogP contribution in [-0.2, 0) is 65.4 Å². The number of carbonyl (C=O) groups is 4. The molecule has 0 heterocycles. The summed E-state index contributed by atoms with van der Waals surface area (Å²) in [6.07, 6.45) is 47.3. The van der Waals surface area contributed by atoms with Gasteiger partial charge in [-0.25, -0.2) is 9.13 Å². The molecule has 0 aliphatic rings. The van der Waals surface area contributed by atoms with E-state index >= 15 is 0 Å². The summed E-state index contributed by atoms with van der Waals surface area (Å²) < 4.78 is 68.4. The highest BCUT2D eigenvalue weighted by atomic mass is 31.2. The Balaban J connectivity index is 5.23. The van der Waals surface area contributed by atoms with E-state index in [1.165, 1.54) is 167 Å². The zero-order valence-electron chi connectivity index (χ0n) is 60.9. The summed E-state index contributed by atoms with van der Waals surface area (Å²) >= 11 is 0. The van der Waals surface area contributed by atoms with Crippen molar-refractivity contribution in [3.8, 4) is 0 Å². The van der Waals surface area contributed by atoms with E-state index < -0.39 is 97.5 Å². The van der Waals surface area contributed by atoms with Gasteiger partial charge < -0.3 is 33.8 Å². The zero-order valence-corrected chi connectivity index (χ0v) is 62.7. The largest absolute Gasteiger partial charge is 0.472 e. The molecule has 0 aromatic carbocycles. The maximum Gasteiger partial charge on any atom is 0.472 e. The molecule has 0 bridgehead atoms. The maximum absolute atomic E-state index is 13.1. The van der Waals surface area contributed by atoms with Crippen LogP contribution in [0, 0.1) is 23.7 Å². The van der Waals surface area contributed by atoms with Gasteiger partial charge >= 0.3 is 39.5 Å². The van der Waals surface area contributed by atoms with E-state index in [2.05, 4.69) is 55.4 Å². The van der Waals surface area contributed by atoms with Crippen molar-refractivity contribution in [2.24, 2.45) is 23.7 Å². The van der Waals surface area contributed by atoms with Crippen molar-refractivity contribution >= 4 is 39.5 Å². The summed E-state index contributed by atoms with van der Waals surface area (Å²) in [5.74, 6) is 0.874. The van der Waals surface area contributed by atoms with E-state index in [-0.39, 0.29) is 25.7 Å². The first-order valence-electron chi connectivity index (χ1n) is 38.2. The fraction of sp³-hybridized carbons (Fsp3) is 0.946. The van der Waals surface area contributed by atoms with Crippen molar-refractivity contribution in [3.63, 3.8) is 0 Å². The lowest BCUT2D eigenvalue weighted by Gasteiger charge is -2.21. The number of phosphoric ester groups is 2. The second-order valence-corrected chi connectivity index (χ2v) is 31.5. The Bertz CT molecular complexity index is 1830. The minimum absolute atomic E-state index is 0.105. The standard InChI is InChI=1S/C74H144O17P2/c1-64(2)50-42-34-26-20-14-10-9-11-16-23-29-38-46-54-71(76)84-60-69(90-74(79)57-49-41-31-25-19-18-22-28-36-44-52-66(5)6)62-88-92(80,81)86-58-68(75)59-87-93(82,83)89-63-70(61-85-72(77)55-47-39-33-32-37-45-53-67(7)8)91-73(78)56-48-40-30-24-17-13-12-15-21-27-35-43-51-65(3)4/h64-70,75H,9-63H2,1-8H3,(H,80,81)(H,82,83)/t68-,69-,70-/m1/s1. The molecular formula is C74H144O17P2. The minimum atomic E-state index is -4.96. The van der Waals surface area contributed by atoms with E-state index in [1.54, 1.807) is 0 Å². The monoisotopic (exact) mass is 1370 g/mol. The Morgan fingerprint density at radius 2 is 0.452 bits per heavy atom. The normalized spacial score (nSPS) is 14.2.